The number of hydrogen-bond acceptors (Lipinski definition) is 7. The number of thiocarbonyl (C=S) groups is 1. The van der Waals surface area contributed by atoms with Crippen molar-refractivity contribution in [3.8, 4) is 0 Å². The van der Waals surface area contributed by atoms with Crippen molar-refractivity contribution < 1.29 is 14.3 Å². The first-order valence-corrected chi connectivity index (χ1v) is 9.62. The van der Waals surface area contributed by atoms with Crippen molar-refractivity contribution in [2.75, 3.05) is 44.4 Å². The van der Waals surface area contributed by atoms with Gasteiger partial charge in [0.05, 0.1) is 25.0 Å². The molecule has 2 fully saturated rings. The molecule has 0 aromatic carbocycles. The minimum absolute atomic E-state index is 0.190. The summed E-state index contributed by atoms with van der Waals surface area (Å²) in [5.41, 5.74) is 6.07. The van der Waals surface area contributed by atoms with Gasteiger partial charge in [0.15, 0.2) is 10.2 Å². The predicted octanol–water partition coefficient (Wildman–Crippen LogP) is 0.576. The predicted molar refractivity (Wildman–Crippen MR) is 100 cm³/mol. The Kier molecular flexibility index (Phi) is 6.40. The van der Waals surface area contributed by atoms with Gasteiger partial charge in [-0.15, -0.1) is 0 Å². The molecule has 138 valence electrons. The first kappa shape index (κ1) is 18.3. The van der Waals surface area contributed by atoms with Crippen LogP contribution in [0, 0.1) is 6.92 Å². The average molecular weight is 386 g/mol. The van der Waals surface area contributed by atoms with Crippen LogP contribution >= 0.6 is 23.6 Å². The number of ether oxygens (including phenoxy) is 2. The van der Waals surface area contributed by atoms with Crippen LogP contribution in [0.25, 0.3) is 0 Å². The van der Waals surface area contributed by atoms with E-state index >= 15 is 0 Å². The van der Waals surface area contributed by atoms with Crippen LogP contribution in [0.3, 0.4) is 0 Å². The van der Waals surface area contributed by atoms with Crippen LogP contribution in [0.2, 0.25) is 0 Å². The molecule has 0 bridgehead atoms. The molecule has 10 heteroatoms. The number of anilines is 1. The Morgan fingerprint density at radius 2 is 2.16 bits per heavy atom. The maximum absolute atomic E-state index is 12.4. The smallest absolute Gasteiger partial charge is 0.281 e. The molecular formula is C15H23N5O3S2. The largest absolute Gasteiger partial charge is 0.378 e. The zero-order valence-electron chi connectivity index (χ0n) is 14.2. The highest BCUT2D eigenvalue weighted by Gasteiger charge is 2.21. The summed E-state index contributed by atoms with van der Waals surface area (Å²) < 4.78 is 10.9. The van der Waals surface area contributed by atoms with Gasteiger partial charge in [-0.1, -0.05) is 11.3 Å². The van der Waals surface area contributed by atoms with E-state index in [0.717, 1.165) is 37.7 Å². The number of carbonyl (C=O) groups excluding carboxylic acids is 1. The highest BCUT2D eigenvalue weighted by Crippen LogP contribution is 2.26. The molecule has 25 heavy (non-hydrogen) atoms. The topological polar surface area (TPSA) is 87.8 Å². The van der Waals surface area contributed by atoms with Crippen molar-refractivity contribution in [2.45, 2.75) is 25.9 Å². The molecule has 1 amide bonds. The number of aromatic nitrogens is 1. The number of hydrazine groups is 1. The lowest BCUT2D eigenvalue weighted by atomic mass is 10.2. The third-order valence-corrected chi connectivity index (χ3v) is 5.54. The summed E-state index contributed by atoms with van der Waals surface area (Å²) in [4.78, 5) is 19.6. The molecule has 8 nitrogen and oxygen atoms in total. The van der Waals surface area contributed by atoms with E-state index < -0.39 is 0 Å². The number of nitrogens with zero attached hydrogens (tertiary/aromatic N) is 2. The molecule has 0 spiro atoms. The van der Waals surface area contributed by atoms with Gasteiger partial charge >= 0.3 is 0 Å². The molecule has 2 aliphatic heterocycles. The van der Waals surface area contributed by atoms with Crippen molar-refractivity contribution in [3.05, 3.63) is 10.6 Å². The van der Waals surface area contributed by atoms with Crippen LogP contribution in [-0.2, 0) is 9.47 Å². The molecule has 1 aromatic rings. The highest BCUT2D eigenvalue weighted by molar-refractivity contribution is 7.80. The maximum atomic E-state index is 12.4. The maximum Gasteiger partial charge on any atom is 0.281 e. The van der Waals surface area contributed by atoms with E-state index in [1.54, 1.807) is 0 Å². The second-order valence-corrected chi connectivity index (χ2v) is 7.32. The van der Waals surface area contributed by atoms with E-state index in [4.69, 9.17) is 21.7 Å². The van der Waals surface area contributed by atoms with Gasteiger partial charge in [0.25, 0.3) is 5.91 Å². The second kappa shape index (κ2) is 8.75. The van der Waals surface area contributed by atoms with Gasteiger partial charge in [0.1, 0.15) is 4.88 Å². The number of thiazole rings is 1. The van der Waals surface area contributed by atoms with Crippen LogP contribution in [-0.4, -0.2) is 61.6 Å². The van der Waals surface area contributed by atoms with Crippen molar-refractivity contribution in [1.29, 1.82) is 0 Å². The Balaban J connectivity index is 1.47. The van der Waals surface area contributed by atoms with Crippen molar-refractivity contribution in [3.63, 3.8) is 0 Å². The molecule has 1 atom stereocenters. The molecular weight excluding hydrogens is 362 g/mol. The molecule has 0 unspecified atom stereocenters. The quantitative estimate of drug-likeness (QED) is 0.512. The minimum atomic E-state index is -0.240. The lowest BCUT2D eigenvalue weighted by Gasteiger charge is -2.25. The zero-order valence-corrected chi connectivity index (χ0v) is 15.8. The van der Waals surface area contributed by atoms with Crippen LogP contribution in [0.15, 0.2) is 0 Å². The third kappa shape index (κ3) is 5.00. The highest BCUT2D eigenvalue weighted by atomic mass is 32.1. The van der Waals surface area contributed by atoms with Crippen molar-refractivity contribution >= 4 is 39.7 Å². The van der Waals surface area contributed by atoms with Gasteiger partial charge < -0.3 is 19.7 Å². The van der Waals surface area contributed by atoms with Gasteiger partial charge in [-0.05, 0) is 32.0 Å². The van der Waals surface area contributed by atoms with Gasteiger partial charge in [-0.25, -0.2) is 4.98 Å². The summed E-state index contributed by atoms with van der Waals surface area (Å²) in [7, 11) is 0. The molecule has 0 radical (unpaired) electrons. The SMILES string of the molecule is Cc1nc(N2CCOCC2)sc1C(=O)NNC(=S)NC[C@@H]1CCCO1. The molecule has 0 saturated carbocycles. The summed E-state index contributed by atoms with van der Waals surface area (Å²) in [5, 5.41) is 4.28. The molecule has 0 aliphatic carbocycles. The van der Waals surface area contributed by atoms with E-state index in [0.29, 0.717) is 35.4 Å². The molecule has 2 aliphatic rings. The van der Waals surface area contributed by atoms with E-state index in [1.165, 1.54) is 11.3 Å². The summed E-state index contributed by atoms with van der Waals surface area (Å²) in [6, 6.07) is 0. The Morgan fingerprint density at radius 3 is 2.88 bits per heavy atom. The van der Waals surface area contributed by atoms with Crippen molar-refractivity contribution in [2.24, 2.45) is 0 Å². The Bertz CT molecular complexity index is 612. The third-order valence-electron chi connectivity index (χ3n) is 4.08. The Labute approximate surface area is 156 Å². The molecule has 1 aromatic heterocycles. The van der Waals surface area contributed by atoms with Crippen LogP contribution < -0.4 is 21.1 Å². The van der Waals surface area contributed by atoms with Gasteiger partial charge in [0, 0.05) is 26.2 Å². The summed E-state index contributed by atoms with van der Waals surface area (Å²) >= 11 is 6.55. The van der Waals surface area contributed by atoms with Crippen LogP contribution in [0.5, 0.6) is 0 Å². The van der Waals surface area contributed by atoms with E-state index in [2.05, 4.69) is 26.1 Å². The number of morpholine rings is 1. The fourth-order valence-corrected chi connectivity index (χ4v) is 3.86. The average Bonchev–Trinajstić information content (AvgIpc) is 3.28. The van der Waals surface area contributed by atoms with E-state index in [9.17, 15) is 4.79 Å². The number of rotatable bonds is 4. The minimum Gasteiger partial charge on any atom is -0.378 e. The fourth-order valence-electron chi connectivity index (χ4n) is 2.71. The lowest BCUT2D eigenvalue weighted by molar-refractivity contribution is 0.0946. The monoisotopic (exact) mass is 385 g/mol. The summed E-state index contributed by atoms with van der Waals surface area (Å²) in [6.07, 6.45) is 2.31. The number of amides is 1. The summed E-state index contributed by atoms with van der Waals surface area (Å²) in [6.45, 7) is 6.25. The number of carbonyl (C=O) groups is 1. The number of aryl methyl sites for hydroxylation is 1. The van der Waals surface area contributed by atoms with Crippen LogP contribution in [0.1, 0.15) is 28.2 Å². The first-order valence-electron chi connectivity index (χ1n) is 8.39. The zero-order chi connectivity index (χ0) is 17.6. The first-order chi connectivity index (χ1) is 12.1. The molecule has 3 rings (SSSR count). The fraction of sp³-hybridized carbons (Fsp3) is 0.667. The van der Waals surface area contributed by atoms with Crippen LogP contribution in [0.4, 0.5) is 5.13 Å². The Hall–Kier alpha value is -1.49. The van der Waals surface area contributed by atoms with Gasteiger partial charge in [0.2, 0.25) is 0 Å². The molecule has 2 saturated heterocycles. The van der Waals surface area contributed by atoms with Gasteiger partial charge in [-0.3, -0.25) is 15.6 Å². The molecule has 3 heterocycles. The molecule has 3 N–H and O–H groups in total. The van der Waals surface area contributed by atoms with Crippen molar-refractivity contribution in [1.82, 2.24) is 21.2 Å². The number of hydrogen-bond donors (Lipinski definition) is 3. The second-order valence-electron chi connectivity index (χ2n) is 5.93. The lowest BCUT2D eigenvalue weighted by Crippen LogP contribution is -2.48. The summed E-state index contributed by atoms with van der Waals surface area (Å²) in [5.74, 6) is -0.240. The van der Waals surface area contributed by atoms with E-state index in [-0.39, 0.29) is 12.0 Å². The number of nitrogens with one attached hydrogen (secondary N) is 3. The normalized spacial score (nSPS) is 20.4. The standard InChI is InChI=1S/C15H23N5O3S2/c1-10-12(25-15(17-10)20-4-7-22-8-5-20)13(21)18-19-14(24)16-9-11-3-2-6-23-11/h11H,2-9H2,1H3,(H,18,21)(H2,16,19,24)/t11-/m0/s1. The van der Waals surface area contributed by atoms with E-state index in [1.807, 2.05) is 6.92 Å². The van der Waals surface area contributed by atoms with Gasteiger partial charge in [-0.2, -0.15) is 0 Å². The Morgan fingerprint density at radius 1 is 1.36 bits per heavy atom.